The summed E-state index contributed by atoms with van der Waals surface area (Å²) in [5.41, 5.74) is -0.0117. The van der Waals surface area contributed by atoms with Crippen molar-refractivity contribution in [3.63, 3.8) is 0 Å². The van der Waals surface area contributed by atoms with Crippen molar-refractivity contribution in [3.05, 3.63) is 63.2 Å². The normalized spacial score (nSPS) is 10.2. The van der Waals surface area contributed by atoms with Crippen molar-refractivity contribution < 1.29 is 4.79 Å². The molecular weight excluding hydrogens is 260 g/mol. The number of carbonyl (C=O) groups excluding carboxylic acids is 1. The Labute approximate surface area is 114 Å². The van der Waals surface area contributed by atoms with Crippen molar-refractivity contribution in [1.82, 2.24) is 19.9 Å². The number of carbonyl (C=O) groups is 1. The van der Waals surface area contributed by atoms with Crippen LogP contribution in [0.2, 0.25) is 0 Å². The lowest BCUT2D eigenvalue weighted by atomic mass is 10.2. The van der Waals surface area contributed by atoms with Crippen molar-refractivity contribution in [1.29, 1.82) is 0 Å². The number of aromatic nitrogens is 3. The summed E-state index contributed by atoms with van der Waals surface area (Å²) < 4.78 is 1.29. The molecule has 2 aromatic heterocycles. The first-order valence-corrected chi connectivity index (χ1v) is 6.10. The molecule has 2 aromatic rings. The fourth-order valence-corrected chi connectivity index (χ4v) is 1.63. The van der Waals surface area contributed by atoms with Gasteiger partial charge in [0.2, 0.25) is 5.91 Å². The average molecular weight is 274 g/mol. The van der Waals surface area contributed by atoms with Gasteiger partial charge in [-0.2, -0.15) is 0 Å². The molecule has 0 atom stereocenters. The van der Waals surface area contributed by atoms with E-state index in [1.165, 1.54) is 16.8 Å². The van der Waals surface area contributed by atoms with E-state index in [2.05, 4.69) is 15.3 Å². The van der Waals surface area contributed by atoms with Crippen LogP contribution in [-0.2, 0) is 17.9 Å². The highest BCUT2D eigenvalue weighted by Crippen LogP contribution is 1.95. The number of nitrogens with one attached hydrogen (secondary N) is 2. The second-order valence-corrected chi connectivity index (χ2v) is 4.19. The van der Waals surface area contributed by atoms with E-state index in [0.717, 1.165) is 5.56 Å². The molecule has 0 saturated carbocycles. The fourth-order valence-electron chi connectivity index (χ4n) is 1.63. The lowest BCUT2D eigenvalue weighted by molar-refractivity contribution is -0.121. The van der Waals surface area contributed by atoms with Crippen LogP contribution in [-0.4, -0.2) is 20.4 Å². The number of nitrogens with zero attached hydrogens (tertiary/aromatic N) is 2. The summed E-state index contributed by atoms with van der Waals surface area (Å²) in [5, 5.41) is 2.75. The molecule has 7 nitrogen and oxygen atoms in total. The Hall–Kier alpha value is -2.70. The van der Waals surface area contributed by atoms with Crippen LogP contribution >= 0.6 is 0 Å². The van der Waals surface area contributed by atoms with E-state index in [1.807, 2.05) is 12.1 Å². The molecule has 1 amide bonds. The summed E-state index contributed by atoms with van der Waals surface area (Å²) in [5.74, 6) is -0.167. The van der Waals surface area contributed by atoms with Gasteiger partial charge >= 0.3 is 5.69 Å². The second kappa shape index (κ2) is 6.46. The highest BCUT2D eigenvalue weighted by Gasteiger charge is 2.03. The number of aromatic amines is 1. The van der Waals surface area contributed by atoms with E-state index >= 15 is 0 Å². The summed E-state index contributed by atoms with van der Waals surface area (Å²) in [7, 11) is 0. The Morgan fingerprint density at radius 2 is 2.00 bits per heavy atom. The number of amides is 1. The molecular formula is C13H14N4O3. The number of rotatable bonds is 5. The third kappa shape index (κ3) is 3.91. The molecule has 0 radical (unpaired) electrons. The van der Waals surface area contributed by atoms with E-state index in [-0.39, 0.29) is 18.9 Å². The summed E-state index contributed by atoms with van der Waals surface area (Å²) >= 11 is 0. The molecule has 7 heteroatoms. The largest absolute Gasteiger partial charge is 0.352 e. The van der Waals surface area contributed by atoms with Crippen LogP contribution in [0.3, 0.4) is 0 Å². The van der Waals surface area contributed by atoms with Crippen molar-refractivity contribution in [3.8, 4) is 0 Å². The molecule has 0 aliphatic heterocycles. The first-order chi connectivity index (χ1) is 9.65. The minimum atomic E-state index is -0.514. The van der Waals surface area contributed by atoms with Crippen LogP contribution in [0, 0.1) is 0 Å². The summed E-state index contributed by atoms with van der Waals surface area (Å²) in [6.07, 6.45) is 4.84. The van der Waals surface area contributed by atoms with Crippen LogP contribution < -0.4 is 16.6 Å². The van der Waals surface area contributed by atoms with Gasteiger partial charge in [-0.25, -0.2) is 4.79 Å². The van der Waals surface area contributed by atoms with Gasteiger partial charge in [-0.05, 0) is 17.7 Å². The van der Waals surface area contributed by atoms with Crippen molar-refractivity contribution >= 4 is 5.91 Å². The van der Waals surface area contributed by atoms with Gasteiger partial charge in [-0.15, -0.1) is 0 Å². The Morgan fingerprint density at radius 3 is 2.70 bits per heavy atom. The zero-order valence-corrected chi connectivity index (χ0v) is 10.7. The Kier molecular flexibility index (Phi) is 4.43. The number of hydrogen-bond donors (Lipinski definition) is 2. The Morgan fingerprint density at radius 1 is 1.25 bits per heavy atom. The predicted molar refractivity (Wildman–Crippen MR) is 72.0 cm³/mol. The molecule has 0 spiro atoms. The molecule has 0 saturated heterocycles. The average Bonchev–Trinajstić information content (AvgIpc) is 2.45. The van der Waals surface area contributed by atoms with Gasteiger partial charge in [-0.3, -0.25) is 19.6 Å². The van der Waals surface area contributed by atoms with Gasteiger partial charge in [-0.1, -0.05) is 0 Å². The molecule has 0 aromatic carbocycles. The number of H-pyrrole nitrogens is 1. The van der Waals surface area contributed by atoms with Crippen molar-refractivity contribution in [2.24, 2.45) is 0 Å². The standard InChI is InChI=1S/C13H14N4O3/c18-11(15-9-10-1-5-14-6-2-10)3-7-17-8-4-12(19)16-13(17)20/h1-2,4-6,8H,3,7,9H2,(H,15,18)(H,16,19,20). The number of pyridine rings is 1. The monoisotopic (exact) mass is 274 g/mol. The topological polar surface area (TPSA) is 96.9 Å². The first kappa shape index (κ1) is 13.7. The van der Waals surface area contributed by atoms with E-state index < -0.39 is 11.2 Å². The summed E-state index contributed by atoms with van der Waals surface area (Å²) in [6.45, 7) is 0.639. The van der Waals surface area contributed by atoms with Gasteiger partial charge in [0.25, 0.3) is 5.56 Å². The van der Waals surface area contributed by atoms with Crippen LogP contribution in [0.1, 0.15) is 12.0 Å². The maximum absolute atomic E-state index is 11.7. The summed E-state index contributed by atoms with van der Waals surface area (Å²) in [6, 6.07) is 4.87. The first-order valence-electron chi connectivity index (χ1n) is 6.10. The highest BCUT2D eigenvalue weighted by atomic mass is 16.2. The molecule has 0 bridgehead atoms. The molecule has 2 N–H and O–H groups in total. The van der Waals surface area contributed by atoms with Gasteiger partial charge < -0.3 is 9.88 Å². The van der Waals surface area contributed by atoms with Crippen LogP contribution in [0.4, 0.5) is 0 Å². The van der Waals surface area contributed by atoms with Gasteiger partial charge in [0.05, 0.1) is 0 Å². The van der Waals surface area contributed by atoms with Crippen LogP contribution in [0.25, 0.3) is 0 Å². The maximum atomic E-state index is 11.7. The van der Waals surface area contributed by atoms with E-state index in [9.17, 15) is 14.4 Å². The maximum Gasteiger partial charge on any atom is 0.328 e. The van der Waals surface area contributed by atoms with Crippen LogP contribution in [0.15, 0.2) is 46.4 Å². The lowest BCUT2D eigenvalue weighted by Crippen LogP contribution is -2.31. The molecule has 0 aliphatic carbocycles. The molecule has 0 fully saturated rings. The predicted octanol–water partition coefficient (Wildman–Crippen LogP) is -0.362. The van der Waals surface area contributed by atoms with Crippen molar-refractivity contribution in [2.75, 3.05) is 0 Å². The lowest BCUT2D eigenvalue weighted by Gasteiger charge is -2.06. The summed E-state index contributed by atoms with van der Waals surface area (Å²) in [4.78, 5) is 40.0. The Bertz CT molecular complexity index is 691. The number of hydrogen-bond acceptors (Lipinski definition) is 4. The van der Waals surface area contributed by atoms with E-state index in [1.54, 1.807) is 12.4 Å². The minimum absolute atomic E-state index is 0.164. The molecule has 0 unspecified atom stereocenters. The smallest absolute Gasteiger partial charge is 0.328 e. The highest BCUT2D eigenvalue weighted by molar-refractivity contribution is 5.75. The molecule has 104 valence electrons. The molecule has 0 aliphatic rings. The van der Waals surface area contributed by atoms with Gasteiger partial charge in [0, 0.05) is 44.2 Å². The van der Waals surface area contributed by atoms with Crippen molar-refractivity contribution in [2.45, 2.75) is 19.5 Å². The minimum Gasteiger partial charge on any atom is -0.352 e. The molecule has 2 rings (SSSR count). The second-order valence-electron chi connectivity index (χ2n) is 4.19. The zero-order chi connectivity index (χ0) is 14.4. The van der Waals surface area contributed by atoms with Gasteiger partial charge in [0.1, 0.15) is 0 Å². The van der Waals surface area contributed by atoms with Gasteiger partial charge in [0.15, 0.2) is 0 Å². The zero-order valence-electron chi connectivity index (χ0n) is 10.7. The number of aryl methyl sites for hydroxylation is 1. The van der Waals surface area contributed by atoms with Crippen LogP contribution in [0.5, 0.6) is 0 Å². The van der Waals surface area contributed by atoms with E-state index in [4.69, 9.17) is 0 Å². The third-order valence-corrected chi connectivity index (χ3v) is 2.72. The fraction of sp³-hybridized carbons (Fsp3) is 0.231. The molecule has 20 heavy (non-hydrogen) atoms. The Balaban J connectivity index is 1.83. The SMILES string of the molecule is O=C(CCn1ccc(=O)[nH]c1=O)NCc1ccncc1. The quantitative estimate of drug-likeness (QED) is 0.778. The third-order valence-electron chi connectivity index (χ3n) is 2.72. The molecule has 2 heterocycles. The van der Waals surface area contributed by atoms with E-state index in [0.29, 0.717) is 6.54 Å².